The molecule has 37 heavy (non-hydrogen) atoms. The Morgan fingerprint density at radius 3 is 2.70 bits per heavy atom. The fourth-order valence-corrected chi connectivity index (χ4v) is 10.4. The zero-order chi connectivity index (χ0) is 25.4. The average Bonchev–Trinajstić information content (AvgIpc) is 3.64. The predicted octanol–water partition coefficient (Wildman–Crippen LogP) is 5.05. The van der Waals surface area contributed by atoms with Crippen molar-refractivity contribution in [2.45, 2.75) is 88.1 Å². The van der Waals surface area contributed by atoms with Crippen molar-refractivity contribution in [1.82, 2.24) is 4.90 Å². The Bertz CT molecular complexity index is 1310. The molecule has 5 nitrogen and oxygen atoms in total. The van der Waals surface area contributed by atoms with E-state index in [1.807, 2.05) is 25.3 Å². The van der Waals surface area contributed by atoms with E-state index in [-0.39, 0.29) is 22.7 Å². The van der Waals surface area contributed by atoms with Crippen molar-refractivity contribution in [1.29, 1.82) is 0 Å². The number of phenols is 1. The van der Waals surface area contributed by atoms with Gasteiger partial charge in [-0.15, -0.1) is 0 Å². The predicted molar refractivity (Wildman–Crippen MR) is 141 cm³/mol. The second-order valence-corrected chi connectivity index (χ2v) is 13.4. The summed E-state index contributed by atoms with van der Waals surface area (Å²) in [5.74, 6) is 1.79. The first-order valence-corrected chi connectivity index (χ1v) is 14.4. The minimum Gasteiger partial charge on any atom is -0.504 e. The lowest BCUT2D eigenvalue weighted by atomic mass is 9.31. The Labute approximate surface area is 219 Å². The highest BCUT2D eigenvalue weighted by atomic mass is 16.6. The third-order valence-corrected chi connectivity index (χ3v) is 12.2. The number of hydrogen-bond acceptors (Lipinski definition) is 5. The maximum atomic E-state index is 12.3. The fourth-order valence-electron chi connectivity index (χ4n) is 10.4. The molecule has 1 saturated heterocycles. The number of aromatic hydroxyl groups is 1. The van der Waals surface area contributed by atoms with Crippen LogP contribution in [0.2, 0.25) is 0 Å². The van der Waals surface area contributed by atoms with Crippen LogP contribution in [0.5, 0.6) is 11.5 Å². The van der Waals surface area contributed by atoms with E-state index in [2.05, 4.69) is 36.9 Å². The number of aliphatic hydroxyl groups excluding tert-OH is 1. The smallest absolute Gasteiger partial charge is 0.165 e. The van der Waals surface area contributed by atoms with Crippen LogP contribution in [-0.2, 0) is 16.6 Å². The molecule has 5 heteroatoms. The number of likely N-dealkylation sites (tertiary alicyclic amines) is 1. The molecule has 7 atom stereocenters. The first-order chi connectivity index (χ1) is 17.8. The third-order valence-electron chi connectivity index (χ3n) is 12.2. The molecule has 2 aromatic rings. The number of benzene rings is 2. The Kier molecular flexibility index (Phi) is 4.39. The molecule has 2 aromatic carbocycles. The van der Waals surface area contributed by atoms with Gasteiger partial charge in [-0.05, 0) is 87.1 Å². The fraction of sp³-hybridized carbons (Fsp3) is 0.625. The zero-order valence-electron chi connectivity index (χ0n) is 22.3. The molecule has 2 aliphatic heterocycles. The van der Waals surface area contributed by atoms with Gasteiger partial charge in [0.1, 0.15) is 11.7 Å². The van der Waals surface area contributed by atoms with Gasteiger partial charge in [0.2, 0.25) is 0 Å². The second kappa shape index (κ2) is 7.11. The van der Waals surface area contributed by atoms with E-state index in [0.29, 0.717) is 11.8 Å². The van der Waals surface area contributed by atoms with Gasteiger partial charge in [0.25, 0.3) is 0 Å². The normalized spacial score (nSPS) is 41.8. The largest absolute Gasteiger partial charge is 0.504 e. The third kappa shape index (κ3) is 2.44. The topological polar surface area (TPSA) is 62.2 Å². The zero-order valence-corrected chi connectivity index (χ0v) is 22.3. The summed E-state index contributed by atoms with van der Waals surface area (Å²) >= 11 is 0. The highest BCUT2D eigenvalue weighted by Gasteiger charge is 2.84. The van der Waals surface area contributed by atoms with Crippen LogP contribution in [0.25, 0.3) is 0 Å². The molecule has 0 unspecified atom stereocenters. The molecule has 4 bridgehead atoms. The Morgan fingerprint density at radius 2 is 1.95 bits per heavy atom. The summed E-state index contributed by atoms with van der Waals surface area (Å²) < 4.78 is 13.6. The summed E-state index contributed by atoms with van der Waals surface area (Å²) in [6.45, 7) is 6.64. The van der Waals surface area contributed by atoms with Crippen molar-refractivity contribution in [2.24, 2.45) is 16.7 Å². The van der Waals surface area contributed by atoms with E-state index in [1.165, 1.54) is 30.5 Å². The number of ether oxygens (including phenoxy) is 2. The number of fused-ring (bicyclic) bond motifs is 2. The average molecular weight is 502 g/mol. The van der Waals surface area contributed by atoms with E-state index >= 15 is 0 Å². The lowest BCUT2D eigenvalue weighted by Gasteiger charge is -2.77. The SMILES string of the molecule is CO[C@]12CC[C@@]3(C[C@]1(C)[C@H](O)c1ccccc1C)[C@H]1Cc4ccc(O)c5c4[C@@]3(CCN1CC1CC1)[C@H]2O5. The summed E-state index contributed by atoms with van der Waals surface area (Å²) in [6.07, 6.45) is 6.73. The van der Waals surface area contributed by atoms with Crippen LogP contribution in [0.3, 0.4) is 0 Å². The van der Waals surface area contributed by atoms with E-state index in [1.54, 1.807) is 0 Å². The number of nitrogens with zero attached hydrogens (tertiary/aromatic N) is 1. The van der Waals surface area contributed by atoms with Crippen LogP contribution in [0.15, 0.2) is 36.4 Å². The summed E-state index contributed by atoms with van der Waals surface area (Å²) in [6, 6.07) is 12.7. The van der Waals surface area contributed by atoms with Crippen molar-refractivity contribution in [2.75, 3.05) is 20.2 Å². The molecule has 0 amide bonds. The highest BCUT2D eigenvalue weighted by molar-refractivity contribution is 5.63. The van der Waals surface area contributed by atoms with Gasteiger partial charge in [-0.1, -0.05) is 37.3 Å². The second-order valence-electron chi connectivity index (χ2n) is 13.4. The molecule has 5 aliphatic carbocycles. The molecule has 0 radical (unpaired) electrons. The van der Waals surface area contributed by atoms with Crippen LogP contribution in [0, 0.1) is 23.7 Å². The number of rotatable bonds is 5. The van der Waals surface area contributed by atoms with Crippen LogP contribution in [-0.4, -0.2) is 53.1 Å². The van der Waals surface area contributed by atoms with Gasteiger partial charge in [0, 0.05) is 41.5 Å². The molecule has 196 valence electrons. The van der Waals surface area contributed by atoms with Gasteiger partial charge in [-0.3, -0.25) is 4.90 Å². The van der Waals surface area contributed by atoms with E-state index in [9.17, 15) is 10.2 Å². The number of aryl methyl sites for hydroxylation is 1. The summed E-state index contributed by atoms with van der Waals surface area (Å²) in [7, 11) is 1.83. The molecule has 5 fully saturated rings. The monoisotopic (exact) mass is 501 g/mol. The highest BCUT2D eigenvalue weighted by Crippen LogP contribution is 2.80. The molecule has 0 aromatic heterocycles. The summed E-state index contributed by atoms with van der Waals surface area (Å²) in [4.78, 5) is 2.82. The Balaban J connectivity index is 1.37. The van der Waals surface area contributed by atoms with Gasteiger partial charge < -0.3 is 19.7 Å². The molecule has 4 saturated carbocycles. The molecular weight excluding hydrogens is 462 g/mol. The summed E-state index contributed by atoms with van der Waals surface area (Å²) in [5, 5.41) is 23.4. The number of methoxy groups -OCH3 is 1. The van der Waals surface area contributed by atoms with Crippen LogP contribution in [0.4, 0.5) is 0 Å². The molecule has 9 rings (SSSR count). The lowest BCUT2D eigenvalue weighted by Crippen LogP contribution is -2.83. The molecular formula is C32H39NO4. The van der Waals surface area contributed by atoms with Crippen molar-refractivity contribution in [3.05, 3.63) is 58.7 Å². The quantitative estimate of drug-likeness (QED) is 0.601. The van der Waals surface area contributed by atoms with E-state index < -0.39 is 17.1 Å². The molecule has 2 spiro atoms. The maximum absolute atomic E-state index is 12.3. The van der Waals surface area contributed by atoms with Gasteiger partial charge in [-0.2, -0.15) is 0 Å². The number of aliphatic hydroxyl groups is 1. The number of piperidine rings is 1. The first-order valence-electron chi connectivity index (χ1n) is 14.4. The van der Waals surface area contributed by atoms with E-state index in [0.717, 1.165) is 55.7 Å². The Hall–Kier alpha value is -2.08. The van der Waals surface area contributed by atoms with Gasteiger partial charge in [-0.25, -0.2) is 0 Å². The number of phenolic OH excluding ortho intramolecular Hbond substituents is 1. The molecule has 2 N–H and O–H groups in total. The molecule has 2 heterocycles. The molecule has 7 aliphatic rings. The minimum absolute atomic E-state index is 0.0183. The van der Waals surface area contributed by atoms with Crippen LogP contribution in [0.1, 0.15) is 73.8 Å². The maximum Gasteiger partial charge on any atom is 0.165 e. The van der Waals surface area contributed by atoms with Crippen molar-refractivity contribution in [3.8, 4) is 11.5 Å². The summed E-state index contributed by atoms with van der Waals surface area (Å²) in [5.41, 5.74) is 3.35. The lowest BCUT2D eigenvalue weighted by molar-refractivity contribution is -0.324. The van der Waals surface area contributed by atoms with Crippen LogP contribution >= 0.6 is 0 Å². The first kappa shape index (κ1) is 22.9. The standard InChI is InChI=1S/C32H39NO4/c1-19-6-4-5-7-22(19)27(35)29(2)18-30-12-13-32(29,36-3)28-31(30)14-15-33(17-20-8-9-20)24(30)16-21-10-11-23(34)26(37-28)25(21)31/h4-7,10-11,20,24,27-28,34-35H,8-9,12-18H2,1-3H3/t24-,27-,28-,29-,30-,31+,32+/m1/s1. The minimum atomic E-state index is -0.664. The number of hydrogen-bond donors (Lipinski definition) is 2. The van der Waals surface area contributed by atoms with Gasteiger partial charge in [0.15, 0.2) is 11.5 Å². The Morgan fingerprint density at radius 1 is 1.14 bits per heavy atom. The van der Waals surface area contributed by atoms with E-state index in [4.69, 9.17) is 9.47 Å². The van der Waals surface area contributed by atoms with Crippen molar-refractivity contribution >= 4 is 0 Å². The van der Waals surface area contributed by atoms with Crippen molar-refractivity contribution < 1.29 is 19.7 Å². The van der Waals surface area contributed by atoms with Crippen LogP contribution < -0.4 is 4.74 Å². The van der Waals surface area contributed by atoms with Gasteiger partial charge in [0.05, 0.1) is 6.10 Å². The van der Waals surface area contributed by atoms with Crippen molar-refractivity contribution in [3.63, 3.8) is 0 Å². The van der Waals surface area contributed by atoms with Gasteiger partial charge >= 0.3 is 0 Å².